The molecule has 1 aliphatic carbocycles. The number of amides is 1. The van der Waals surface area contributed by atoms with Gasteiger partial charge in [-0.25, -0.2) is 0 Å². The Morgan fingerprint density at radius 2 is 1.84 bits per heavy atom. The summed E-state index contributed by atoms with van der Waals surface area (Å²) in [6.45, 7) is 1.44. The Bertz CT molecular complexity index is 610. The highest BCUT2D eigenvalue weighted by Crippen LogP contribution is 2.36. The highest BCUT2D eigenvalue weighted by molar-refractivity contribution is 5.77. The third-order valence-corrected chi connectivity index (χ3v) is 6.43. The molecule has 0 aromatic heterocycles. The maximum Gasteiger partial charge on any atom is 0.223 e. The normalized spacial score (nSPS) is 33.6. The lowest BCUT2D eigenvalue weighted by atomic mass is 9.80. The first-order valence-corrected chi connectivity index (χ1v) is 9.97. The summed E-state index contributed by atoms with van der Waals surface area (Å²) in [7, 11) is 0. The van der Waals surface area contributed by atoms with E-state index in [-0.39, 0.29) is 18.0 Å². The molecule has 0 spiro atoms. The van der Waals surface area contributed by atoms with E-state index >= 15 is 0 Å². The summed E-state index contributed by atoms with van der Waals surface area (Å²) in [5.74, 6) is 0.863. The summed E-state index contributed by atoms with van der Waals surface area (Å²) in [6, 6.07) is 8.83. The molecule has 1 saturated carbocycles. The van der Waals surface area contributed by atoms with E-state index in [1.807, 2.05) is 4.90 Å². The van der Waals surface area contributed by atoms with Crippen LogP contribution in [0.25, 0.3) is 0 Å². The molecular weight excluding hydrogens is 312 g/mol. The van der Waals surface area contributed by atoms with Gasteiger partial charge in [0.1, 0.15) is 0 Å². The number of ether oxygens (including phenoxy) is 1. The van der Waals surface area contributed by atoms with Crippen molar-refractivity contribution in [2.75, 3.05) is 13.2 Å². The molecule has 0 radical (unpaired) electrons. The molecule has 1 amide bonds. The minimum Gasteiger partial charge on any atom is -0.376 e. The molecule has 3 heterocycles. The third-order valence-electron chi connectivity index (χ3n) is 6.43. The van der Waals surface area contributed by atoms with Crippen LogP contribution in [0, 0.1) is 0 Å². The molecule has 2 bridgehead atoms. The van der Waals surface area contributed by atoms with E-state index in [4.69, 9.17) is 10.5 Å². The maximum absolute atomic E-state index is 12.9. The van der Waals surface area contributed by atoms with Crippen LogP contribution in [-0.2, 0) is 16.0 Å². The summed E-state index contributed by atoms with van der Waals surface area (Å²) in [5.41, 5.74) is 9.18. The highest BCUT2D eigenvalue weighted by Gasteiger charge is 2.34. The van der Waals surface area contributed by atoms with Crippen molar-refractivity contribution in [3.8, 4) is 0 Å². The van der Waals surface area contributed by atoms with Crippen LogP contribution in [0.2, 0.25) is 0 Å². The summed E-state index contributed by atoms with van der Waals surface area (Å²) >= 11 is 0. The van der Waals surface area contributed by atoms with Crippen molar-refractivity contribution < 1.29 is 9.53 Å². The molecule has 5 rings (SSSR count). The van der Waals surface area contributed by atoms with Crippen molar-refractivity contribution in [1.82, 2.24) is 4.90 Å². The van der Waals surface area contributed by atoms with E-state index in [2.05, 4.69) is 24.3 Å². The first kappa shape index (κ1) is 17.0. The zero-order valence-electron chi connectivity index (χ0n) is 15.0. The molecule has 4 aliphatic rings. The lowest BCUT2D eigenvalue weighted by Crippen LogP contribution is -2.56. The molecule has 4 nitrogen and oxygen atoms in total. The largest absolute Gasteiger partial charge is 0.376 e. The number of piperidine rings is 1. The van der Waals surface area contributed by atoms with Crippen LogP contribution in [0.1, 0.15) is 62.0 Å². The maximum atomic E-state index is 12.9. The molecule has 25 heavy (non-hydrogen) atoms. The summed E-state index contributed by atoms with van der Waals surface area (Å²) in [6.07, 6.45) is 8.37. The van der Waals surface area contributed by atoms with Gasteiger partial charge in [0, 0.05) is 19.0 Å². The fourth-order valence-corrected chi connectivity index (χ4v) is 4.93. The van der Waals surface area contributed by atoms with Gasteiger partial charge < -0.3 is 15.4 Å². The molecule has 1 aromatic rings. The number of rotatable bonds is 0. The van der Waals surface area contributed by atoms with E-state index in [1.54, 1.807) is 0 Å². The Morgan fingerprint density at radius 3 is 2.68 bits per heavy atom. The van der Waals surface area contributed by atoms with E-state index in [0.29, 0.717) is 25.0 Å². The number of benzene rings is 1. The van der Waals surface area contributed by atoms with Gasteiger partial charge in [-0.05, 0) is 62.0 Å². The predicted octanol–water partition coefficient (Wildman–Crippen LogP) is 2.99. The van der Waals surface area contributed by atoms with E-state index in [0.717, 1.165) is 38.6 Å². The average molecular weight is 342 g/mol. The molecule has 3 aliphatic heterocycles. The van der Waals surface area contributed by atoms with Gasteiger partial charge in [-0.15, -0.1) is 0 Å². The van der Waals surface area contributed by atoms with Gasteiger partial charge in [-0.2, -0.15) is 0 Å². The zero-order valence-corrected chi connectivity index (χ0v) is 15.0. The van der Waals surface area contributed by atoms with Gasteiger partial charge in [-0.1, -0.05) is 24.3 Å². The van der Waals surface area contributed by atoms with Crippen molar-refractivity contribution in [2.45, 2.75) is 75.5 Å². The second-order valence-electron chi connectivity index (χ2n) is 7.97. The molecule has 1 aromatic carbocycles. The SMILES string of the molecule is NC1CCCN2C(=O)CCc3ccccc3[C@H]3CC[C@H](CC3)OCC12. The van der Waals surface area contributed by atoms with Crippen molar-refractivity contribution in [3.63, 3.8) is 0 Å². The monoisotopic (exact) mass is 342 g/mol. The minimum absolute atomic E-state index is 0.0476. The van der Waals surface area contributed by atoms with E-state index < -0.39 is 0 Å². The van der Waals surface area contributed by atoms with Crippen LogP contribution in [-0.4, -0.2) is 42.1 Å². The number of nitrogens with zero attached hydrogens (tertiary/aromatic N) is 1. The van der Waals surface area contributed by atoms with Gasteiger partial charge in [-0.3, -0.25) is 4.79 Å². The Labute approximate surface area is 150 Å². The molecule has 1 saturated heterocycles. The number of hydrogen-bond donors (Lipinski definition) is 1. The van der Waals surface area contributed by atoms with E-state index in [9.17, 15) is 4.79 Å². The number of carbonyl (C=O) groups excluding carboxylic acids is 1. The first-order valence-electron chi connectivity index (χ1n) is 9.97. The summed E-state index contributed by atoms with van der Waals surface area (Å²) in [5, 5.41) is 0. The van der Waals surface area contributed by atoms with Crippen molar-refractivity contribution in [2.24, 2.45) is 5.73 Å². The Morgan fingerprint density at radius 1 is 1.04 bits per heavy atom. The van der Waals surface area contributed by atoms with Gasteiger partial charge in [0.15, 0.2) is 0 Å². The third kappa shape index (κ3) is 3.61. The number of fused-ring (bicyclic) bond motifs is 5. The molecule has 136 valence electrons. The summed E-state index contributed by atoms with van der Waals surface area (Å²) in [4.78, 5) is 14.9. The fourth-order valence-electron chi connectivity index (χ4n) is 4.93. The fraction of sp³-hybridized carbons (Fsp3) is 0.667. The second-order valence-corrected chi connectivity index (χ2v) is 7.97. The topological polar surface area (TPSA) is 55.6 Å². The minimum atomic E-state index is 0.0476. The van der Waals surface area contributed by atoms with Gasteiger partial charge in [0.05, 0.1) is 18.8 Å². The predicted molar refractivity (Wildman–Crippen MR) is 98.4 cm³/mol. The Hall–Kier alpha value is -1.39. The molecular formula is C21H30N2O2. The summed E-state index contributed by atoms with van der Waals surface area (Å²) < 4.78 is 6.25. The van der Waals surface area contributed by atoms with Crippen LogP contribution >= 0.6 is 0 Å². The number of aryl methyl sites for hydroxylation is 1. The van der Waals surface area contributed by atoms with Gasteiger partial charge >= 0.3 is 0 Å². The lowest BCUT2D eigenvalue weighted by Gasteiger charge is -2.40. The second kappa shape index (κ2) is 7.46. The Kier molecular flexibility index (Phi) is 5.09. The van der Waals surface area contributed by atoms with Crippen LogP contribution in [0.3, 0.4) is 0 Å². The first-order chi connectivity index (χ1) is 12.2. The van der Waals surface area contributed by atoms with Gasteiger partial charge in [0.2, 0.25) is 5.91 Å². The standard InChI is InChI=1S/C21H30N2O2/c22-19-6-3-13-23-20(19)14-25-17-10-7-16(8-11-17)18-5-2-1-4-15(18)9-12-21(23)24/h1-2,4-5,16-17,19-20H,3,6-14,22H2/t16-,17+,19?,20?. The van der Waals surface area contributed by atoms with Crippen molar-refractivity contribution in [1.29, 1.82) is 0 Å². The Balaban J connectivity index is 1.61. The van der Waals surface area contributed by atoms with Gasteiger partial charge in [0.25, 0.3) is 0 Å². The van der Waals surface area contributed by atoms with Crippen molar-refractivity contribution >= 4 is 5.91 Å². The molecule has 4 heteroatoms. The van der Waals surface area contributed by atoms with E-state index in [1.165, 1.54) is 24.0 Å². The van der Waals surface area contributed by atoms with Crippen LogP contribution < -0.4 is 5.73 Å². The highest BCUT2D eigenvalue weighted by atomic mass is 16.5. The zero-order chi connectivity index (χ0) is 17.2. The van der Waals surface area contributed by atoms with Crippen molar-refractivity contribution in [3.05, 3.63) is 35.4 Å². The van der Waals surface area contributed by atoms with Crippen LogP contribution in [0.15, 0.2) is 24.3 Å². The average Bonchev–Trinajstić information content (AvgIpc) is 2.66. The number of nitrogens with two attached hydrogens (primary N) is 1. The molecule has 2 N–H and O–H groups in total. The molecule has 2 unspecified atom stereocenters. The lowest BCUT2D eigenvalue weighted by molar-refractivity contribution is -0.138. The number of hydrogen-bond acceptors (Lipinski definition) is 3. The quantitative estimate of drug-likeness (QED) is 0.788. The molecule has 2 fully saturated rings. The molecule has 2 atom stereocenters. The van der Waals surface area contributed by atoms with Crippen LogP contribution in [0.5, 0.6) is 0 Å². The number of carbonyl (C=O) groups is 1. The van der Waals surface area contributed by atoms with Crippen LogP contribution in [0.4, 0.5) is 0 Å². The smallest absolute Gasteiger partial charge is 0.223 e.